The molecule has 0 aliphatic carbocycles. The van der Waals surface area contributed by atoms with Crippen molar-refractivity contribution in [3.63, 3.8) is 0 Å². The molecule has 0 unspecified atom stereocenters. The Balaban J connectivity index is 3.28. The maximum atomic E-state index is 10.9. The molecule has 0 spiro atoms. The van der Waals surface area contributed by atoms with Gasteiger partial charge in [0.1, 0.15) is 0 Å². The Morgan fingerprint density at radius 1 is 1.18 bits per heavy atom. The van der Waals surface area contributed by atoms with Gasteiger partial charge in [0.15, 0.2) is 0 Å². The summed E-state index contributed by atoms with van der Waals surface area (Å²) in [5, 5.41) is 1.48. The standard InChI is InChI=1S/C8H5O2S/c1-2-11(9,10)8-6-4-3-5-7-8/h3-7H. The van der Waals surface area contributed by atoms with Gasteiger partial charge >= 0.3 is 0 Å². The summed E-state index contributed by atoms with van der Waals surface area (Å²) in [5.74, 6) is 0. The van der Waals surface area contributed by atoms with Crippen molar-refractivity contribution < 1.29 is 8.42 Å². The van der Waals surface area contributed by atoms with Gasteiger partial charge in [-0.15, -0.1) is 0 Å². The second kappa shape index (κ2) is 2.77. The third-order valence-corrected chi connectivity index (χ3v) is 2.35. The summed E-state index contributed by atoms with van der Waals surface area (Å²) in [6.45, 7) is 0. The van der Waals surface area contributed by atoms with Gasteiger partial charge in [0.2, 0.25) is 9.84 Å². The molecule has 0 amide bonds. The van der Waals surface area contributed by atoms with E-state index in [9.17, 15) is 8.42 Å². The molecule has 0 saturated heterocycles. The highest BCUT2D eigenvalue weighted by atomic mass is 32.2. The highest BCUT2D eigenvalue weighted by Crippen LogP contribution is 2.07. The summed E-state index contributed by atoms with van der Waals surface area (Å²) < 4.78 is 21.8. The molecule has 0 bridgehead atoms. The van der Waals surface area contributed by atoms with Gasteiger partial charge in [0, 0.05) is 11.7 Å². The van der Waals surface area contributed by atoms with Crippen LogP contribution in [0.5, 0.6) is 0 Å². The largest absolute Gasteiger partial charge is 0.246 e. The number of hydrogen-bond donors (Lipinski definition) is 0. The van der Waals surface area contributed by atoms with Crippen LogP contribution in [0.2, 0.25) is 0 Å². The van der Waals surface area contributed by atoms with Crippen LogP contribution in [0.1, 0.15) is 0 Å². The molecule has 1 aromatic rings. The topological polar surface area (TPSA) is 34.1 Å². The van der Waals surface area contributed by atoms with Gasteiger partial charge in [0.25, 0.3) is 0 Å². The maximum absolute atomic E-state index is 10.9. The van der Waals surface area contributed by atoms with Gasteiger partial charge in [-0.1, -0.05) is 18.2 Å². The lowest BCUT2D eigenvalue weighted by molar-refractivity contribution is 0.606. The Bertz CT molecular complexity index is 370. The number of hydrogen-bond acceptors (Lipinski definition) is 2. The molecular formula is C8H5O2S. The molecule has 0 aromatic heterocycles. The maximum Gasteiger partial charge on any atom is 0.246 e. The van der Waals surface area contributed by atoms with E-state index in [1.165, 1.54) is 17.4 Å². The Morgan fingerprint density at radius 2 is 1.73 bits per heavy atom. The first-order valence-electron chi connectivity index (χ1n) is 2.90. The average molecular weight is 165 g/mol. The third-order valence-electron chi connectivity index (χ3n) is 1.19. The lowest BCUT2D eigenvalue weighted by Crippen LogP contribution is -1.94. The van der Waals surface area contributed by atoms with Crippen LogP contribution in [0.25, 0.3) is 0 Å². The fourth-order valence-corrected chi connectivity index (χ4v) is 1.29. The first kappa shape index (κ1) is 7.83. The van der Waals surface area contributed by atoms with E-state index in [0.29, 0.717) is 0 Å². The zero-order chi connectivity index (χ0) is 8.32. The minimum atomic E-state index is -3.58. The summed E-state index contributed by atoms with van der Waals surface area (Å²) in [5.41, 5.74) is 0. The van der Waals surface area contributed by atoms with E-state index in [4.69, 9.17) is 6.42 Å². The second-order valence-corrected chi connectivity index (χ2v) is 3.60. The van der Waals surface area contributed by atoms with E-state index in [1.807, 2.05) is 0 Å². The lowest BCUT2D eigenvalue weighted by Gasteiger charge is -1.92. The Labute approximate surface area is 65.8 Å². The highest BCUT2D eigenvalue weighted by Gasteiger charge is 2.07. The fraction of sp³-hybridized carbons (Fsp3) is 0. The predicted molar refractivity (Wildman–Crippen MR) is 40.8 cm³/mol. The summed E-state index contributed by atoms with van der Waals surface area (Å²) >= 11 is 0. The van der Waals surface area contributed by atoms with Crippen LogP contribution < -0.4 is 0 Å². The van der Waals surface area contributed by atoms with E-state index in [1.54, 1.807) is 18.2 Å². The van der Waals surface area contributed by atoms with Crippen LogP contribution in [0.15, 0.2) is 35.2 Å². The van der Waals surface area contributed by atoms with Gasteiger partial charge in [-0.25, -0.2) is 8.42 Å². The molecule has 1 radical (unpaired) electrons. The van der Waals surface area contributed by atoms with E-state index in [-0.39, 0.29) is 4.90 Å². The molecular weight excluding hydrogens is 160 g/mol. The SMILES string of the molecule is [C]#CS(=O)(=O)c1ccccc1. The number of benzene rings is 1. The monoisotopic (exact) mass is 165 g/mol. The van der Waals surface area contributed by atoms with Gasteiger partial charge in [-0.2, -0.15) is 0 Å². The van der Waals surface area contributed by atoms with Crippen molar-refractivity contribution in [1.29, 1.82) is 0 Å². The van der Waals surface area contributed by atoms with Crippen molar-refractivity contribution in [2.45, 2.75) is 4.90 Å². The lowest BCUT2D eigenvalue weighted by atomic mass is 10.4. The molecule has 0 aliphatic rings. The van der Waals surface area contributed by atoms with Gasteiger partial charge in [-0.3, -0.25) is 0 Å². The van der Waals surface area contributed by atoms with Crippen LogP contribution >= 0.6 is 0 Å². The zero-order valence-corrected chi connectivity index (χ0v) is 6.43. The van der Waals surface area contributed by atoms with Gasteiger partial charge in [-0.05, 0) is 12.1 Å². The van der Waals surface area contributed by atoms with E-state index < -0.39 is 9.84 Å². The summed E-state index contributed by atoms with van der Waals surface area (Å²) in [7, 11) is -3.58. The Morgan fingerprint density at radius 3 is 2.18 bits per heavy atom. The van der Waals surface area contributed by atoms with Crippen molar-refractivity contribution in [2.24, 2.45) is 0 Å². The van der Waals surface area contributed by atoms with Crippen molar-refractivity contribution in [1.82, 2.24) is 0 Å². The zero-order valence-electron chi connectivity index (χ0n) is 5.61. The van der Waals surface area contributed by atoms with E-state index >= 15 is 0 Å². The molecule has 55 valence electrons. The highest BCUT2D eigenvalue weighted by molar-refractivity contribution is 7.96. The first-order valence-corrected chi connectivity index (χ1v) is 4.39. The Kier molecular flexibility index (Phi) is 1.97. The van der Waals surface area contributed by atoms with E-state index in [2.05, 4.69) is 0 Å². The van der Waals surface area contributed by atoms with Crippen LogP contribution in [-0.2, 0) is 9.84 Å². The summed E-state index contributed by atoms with van der Waals surface area (Å²) in [6.07, 6.45) is 6.50. The molecule has 1 aromatic carbocycles. The molecule has 0 atom stereocenters. The molecule has 2 nitrogen and oxygen atoms in total. The molecule has 0 fully saturated rings. The number of sulfone groups is 1. The molecule has 0 N–H and O–H groups in total. The number of rotatable bonds is 1. The predicted octanol–water partition coefficient (Wildman–Crippen LogP) is 1.01. The third kappa shape index (κ3) is 1.60. The smallest absolute Gasteiger partial charge is 0.210 e. The molecule has 1 rings (SSSR count). The first-order chi connectivity index (χ1) is 5.17. The van der Waals surface area contributed by atoms with Crippen LogP contribution in [0.4, 0.5) is 0 Å². The molecule has 3 heteroatoms. The van der Waals surface area contributed by atoms with Crippen molar-refractivity contribution >= 4 is 9.84 Å². The van der Waals surface area contributed by atoms with E-state index in [0.717, 1.165) is 0 Å². The van der Waals surface area contributed by atoms with Crippen molar-refractivity contribution in [3.8, 4) is 5.25 Å². The van der Waals surface area contributed by atoms with Crippen molar-refractivity contribution in [2.75, 3.05) is 0 Å². The normalized spacial score (nSPS) is 10.5. The van der Waals surface area contributed by atoms with Crippen LogP contribution in [0, 0.1) is 11.7 Å². The average Bonchev–Trinajstić information content (AvgIpc) is 2.06. The minimum absolute atomic E-state index is 0.106. The quantitative estimate of drug-likeness (QED) is 0.582. The summed E-state index contributed by atoms with van der Waals surface area (Å²) in [4.78, 5) is 0.106. The summed E-state index contributed by atoms with van der Waals surface area (Å²) in [6, 6.07) is 7.77. The Hall–Kier alpha value is -1.27. The van der Waals surface area contributed by atoms with Crippen molar-refractivity contribution in [3.05, 3.63) is 36.8 Å². The molecule has 0 heterocycles. The minimum Gasteiger partial charge on any atom is -0.210 e. The second-order valence-electron chi connectivity index (χ2n) is 1.92. The molecule has 0 saturated carbocycles. The van der Waals surface area contributed by atoms with Crippen LogP contribution in [-0.4, -0.2) is 8.42 Å². The molecule has 0 aliphatic heterocycles. The fourth-order valence-electron chi connectivity index (χ4n) is 0.659. The van der Waals surface area contributed by atoms with Crippen LogP contribution in [0.3, 0.4) is 0 Å². The van der Waals surface area contributed by atoms with Gasteiger partial charge in [0.05, 0.1) is 4.90 Å². The van der Waals surface area contributed by atoms with Gasteiger partial charge < -0.3 is 0 Å². The molecule has 11 heavy (non-hydrogen) atoms.